The van der Waals surface area contributed by atoms with E-state index in [-0.39, 0.29) is 16.6 Å². The third-order valence-electron chi connectivity index (χ3n) is 5.95. The molecule has 1 unspecified atom stereocenters. The molecule has 0 saturated carbocycles. The maximum Gasteiger partial charge on any atom is 0.469 e. The summed E-state index contributed by atoms with van der Waals surface area (Å²) in [7, 11) is -4.84. The molecule has 3 heterocycles. The number of nitrogens with one attached hydrogen (secondary N) is 1. The van der Waals surface area contributed by atoms with Crippen molar-refractivity contribution in [3.05, 3.63) is 53.1 Å². The number of ether oxygens (including phenoxy) is 1. The highest BCUT2D eigenvalue weighted by molar-refractivity contribution is 7.46. The summed E-state index contributed by atoms with van der Waals surface area (Å²) in [6, 6.07) is 7.40. The average molecular weight is 547 g/mol. The lowest BCUT2D eigenvalue weighted by atomic mass is 9.98. The molecule has 0 aliphatic carbocycles. The van der Waals surface area contributed by atoms with Gasteiger partial charge in [-0.3, -0.25) is 4.52 Å². The summed E-state index contributed by atoms with van der Waals surface area (Å²) in [4.78, 5) is 22.1. The lowest BCUT2D eigenvalue weighted by molar-refractivity contribution is -0.0777. The molecule has 1 aliphatic heterocycles. The van der Waals surface area contributed by atoms with Gasteiger partial charge < -0.3 is 35.2 Å². The van der Waals surface area contributed by atoms with Crippen LogP contribution >= 0.6 is 19.4 Å². The zero-order valence-electron chi connectivity index (χ0n) is 18.8. The quantitative estimate of drug-likeness (QED) is 0.170. The van der Waals surface area contributed by atoms with Crippen molar-refractivity contribution in [2.75, 3.05) is 18.5 Å². The van der Waals surface area contributed by atoms with E-state index in [0.717, 1.165) is 0 Å². The molecular formula is C21H25ClFN4O8P. The number of hydrogen-bond acceptors (Lipinski definition) is 9. The molecule has 6 N–H and O–H groups in total. The summed E-state index contributed by atoms with van der Waals surface area (Å²) in [5.74, 6) is -1.45. The number of aliphatic hydroxyl groups excluding tert-OH is 3. The highest BCUT2D eigenvalue weighted by atomic mass is 35.5. The zero-order valence-corrected chi connectivity index (χ0v) is 20.5. The van der Waals surface area contributed by atoms with E-state index in [0.29, 0.717) is 16.6 Å². The normalized spacial score (nSPS) is 24.2. The van der Waals surface area contributed by atoms with E-state index < -0.39 is 57.5 Å². The Bertz CT molecular complexity index is 1280. The van der Waals surface area contributed by atoms with Crippen molar-refractivity contribution in [3.8, 4) is 0 Å². The lowest BCUT2D eigenvalue weighted by Gasteiger charge is -2.23. The molecule has 12 nitrogen and oxygen atoms in total. The van der Waals surface area contributed by atoms with Gasteiger partial charge in [-0.2, -0.15) is 5.10 Å². The van der Waals surface area contributed by atoms with Gasteiger partial charge in [-0.05, 0) is 19.1 Å². The van der Waals surface area contributed by atoms with Crippen LogP contribution in [0.1, 0.15) is 24.8 Å². The van der Waals surface area contributed by atoms with Crippen LogP contribution in [0.25, 0.3) is 11.0 Å². The molecule has 4 rings (SSSR count). The zero-order chi connectivity index (χ0) is 26.2. The fourth-order valence-electron chi connectivity index (χ4n) is 4.15. The molecule has 6 atom stereocenters. The van der Waals surface area contributed by atoms with Gasteiger partial charge in [-0.25, -0.2) is 18.6 Å². The van der Waals surface area contributed by atoms with E-state index in [9.17, 15) is 24.3 Å². The van der Waals surface area contributed by atoms with E-state index in [2.05, 4.69) is 19.9 Å². The third kappa shape index (κ3) is 5.54. The number of anilines is 1. The monoisotopic (exact) mass is 546 g/mol. The van der Waals surface area contributed by atoms with Gasteiger partial charge in [-0.1, -0.05) is 29.8 Å². The molecule has 0 spiro atoms. The Balaban J connectivity index is 1.62. The smallest absolute Gasteiger partial charge is 0.396 e. The van der Waals surface area contributed by atoms with E-state index >= 15 is 0 Å². The van der Waals surface area contributed by atoms with Crippen LogP contribution in [0.15, 0.2) is 36.5 Å². The van der Waals surface area contributed by atoms with E-state index in [4.69, 9.17) is 26.1 Å². The molecule has 36 heavy (non-hydrogen) atoms. The van der Waals surface area contributed by atoms with Crippen LogP contribution in [-0.2, 0) is 13.8 Å². The molecule has 1 aromatic carbocycles. The number of halogens is 2. The molecule has 2 aromatic heterocycles. The highest BCUT2D eigenvalue weighted by Crippen LogP contribution is 2.40. The summed E-state index contributed by atoms with van der Waals surface area (Å²) in [6.45, 7) is 0.490. The number of phosphoric acid groups is 1. The second-order valence-electron chi connectivity index (χ2n) is 8.41. The summed E-state index contributed by atoms with van der Waals surface area (Å²) in [6.07, 6.45) is -4.14. The Morgan fingerprint density at radius 1 is 1.31 bits per heavy atom. The van der Waals surface area contributed by atoms with Gasteiger partial charge >= 0.3 is 7.82 Å². The van der Waals surface area contributed by atoms with Crippen LogP contribution in [0.5, 0.6) is 0 Å². The first-order chi connectivity index (χ1) is 17.0. The second kappa shape index (κ2) is 10.7. The van der Waals surface area contributed by atoms with Gasteiger partial charge in [0, 0.05) is 11.5 Å². The van der Waals surface area contributed by atoms with Gasteiger partial charge in [-0.15, -0.1) is 0 Å². The minimum Gasteiger partial charge on any atom is -0.396 e. The van der Waals surface area contributed by atoms with Crippen LogP contribution in [0.4, 0.5) is 10.1 Å². The molecule has 1 fully saturated rings. The topological polar surface area (TPSA) is 179 Å². The number of hydrogen-bond donors (Lipinski definition) is 6. The van der Waals surface area contributed by atoms with E-state index in [1.165, 1.54) is 23.0 Å². The molecular weight excluding hydrogens is 522 g/mol. The fourth-order valence-corrected chi connectivity index (χ4v) is 4.73. The van der Waals surface area contributed by atoms with Crippen molar-refractivity contribution in [3.63, 3.8) is 0 Å². The van der Waals surface area contributed by atoms with Crippen LogP contribution in [0, 0.1) is 11.7 Å². The SMILES string of the molecule is C[C@H](Nc1cc(Cl)nc2c1cnn2[C@@H]1O[C@H](C(CO)COP(=O)(O)O)[C@@H](O)[C@H]1O)c1ccccc1F. The van der Waals surface area contributed by atoms with Gasteiger partial charge in [0.25, 0.3) is 0 Å². The number of benzene rings is 1. The van der Waals surface area contributed by atoms with E-state index in [1.807, 2.05) is 0 Å². The first kappa shape index (κ1) is 26.9. The molecule has 15 heteroatoms. The number of fused-ring (bicyclic) bond motifs is 1. The maximum absolute atomic E-state index is 14.2. The van der Waals surface area contributed by atoms with Gasteiger partial charge in [0.1, 0.15) is 23.2 Å². The number of pyridine rings is 1. The van der Waals surface area contributed by atoms with Crippen molar-refractivity contribution in [2.45, 2.75) is 37.5 Å². The number of phosphoric ester groups is 1. The van der Waals surface area contributed by atoms with Crippen molar-refractivity contribution < 1.29 is 43.3 Å². The predicted molar refractivity (Wildman–Crippen MR) is 125 cm³/mol. The Kier molecular flexibility index (Phi) is 7.95. The van der Waals surface area contributed by atoms with Crippen LogP contribution in [-0.4, -0.2) is 71.4 Å². The second-order valence-corrected chi connectivity index (χ2v) is 10.0. The highest BCUT2D eigenvalue weighted by Gasteiger charge is 2.48. The molecule has 0 amide bonds. The molecule has 0 radical (unpaired) electrons. The predicted octanol–water partition coefficient (Wildman–Crippen LogP) is 1.73. The van der Waals surface area contributed by atoms with Crippen molar-refractivity contribution in [1.29, 1.82) is 0 Å². The van der Waals surface area contributed by atoms with Crippen molar-refractivity contribution >= 4 is 36.1 Å². The van der Waals surface area contributed by atoms with Crippen molar-refractivity contribution in [2.24, 2.45) is 5.92 Å². The minimum atomic E-state index is -4.84. The number of aromatic nitrogens is 3. The van der Waals surface area contributed by atoms with Crippen molar-refractivity contribution in [1.82, 2.24) is 14.8 Å². The first-order valence-corrected chi connectivity index (χ1v) is 12.8. The summed E-state index contributed by atoms with van der Waals surface area (Å²) < 4.78 is 36.7. The van der Waals surface area contributed by atoms with E-state index in [1.54, 1.807) is 25.1 Å². The molecule has 0 bridgehead atoms. The van der Waals surface area contributed by atoms with Crippen LogP contribution in [0.3, 0.4) is 0 Å². The number of rotatable bonds is 9. The Morgan fingerprint density at radius 2 is 2.03 bits per heavy atom. The third-order valence-corrected chi connectivity index (χ3v) is 6.63. The first-order valence-electron chi connectivity index (χ1n) is 10.9. The fraction of sp³-hybridized carbons (Fsp3) is 0.429. The molecule has 196 valence electrons. The largest absolute Gasteiger partial charge is 0.469 e. The minimum absolute atomic E-state index is 0.0698. The van der Waals surface area contributed by atoms with Crippen LogP contribution < -0.4 is 5.32 Å². The number of nitrogens with zero attached hydrogens (tertiary/aromatic N) is 3. The van der Waals surface area contributed by atoms with Gasteiger partial charge in [0.15, 0.2) is 11.9 Å². The Hall–Kier alpha value is -2.19. The van der Waals surface area contributed by atoms with Gasteiger partial charge in [0.05, 0.1) is 42.6 Å². The summed E-state index contributed by atoms with van der Waals surface area (Å²) in [5.41, 5.74) is 1.11. The Labute approximate surface area is 209 Å². The maximum atomic E-state index is 14.2. The number of aliphatic hydroxyl groups is 3. The average Bonchev–Trinajstić information content (AvgIpc) is 3.35. The summed E-state index contributed by atoms with van der Waals surface area (Å²) in [5, 5.41) is 38.8. The molecule has 3 aromatic rings. The standard InChI is InChI=1S/C21H25ClFN4O8P/c1-10(12-4-2-3-5-14(12)23)25-15-6-16(22)26-20-13(15)7-24-27(20)21-18(30)17(29)19(35-21)11(8-28)9-34-36(31,32)33/h2-7,10-11,17-19,21,28-30H,8-9H2,1H3,(H,25,26)(H2,31,32,33)/t10-,11?,17-,18+,19+,21+/m0/s1. The molecule has 1 aliphatic rings. The lowest BCUT2D eigenvalue weighted by Crippen LogP contribution is -2.39. The Morgan fingerprint density at radius 3 is 2.69 bits per heavy atom. The molecule has 1 saturated heterocycles. The van der Waals surface area contributed by atoms with Crippen LogP contribution in [0.2, 0.25) is 5.15 Å². The van der Waals surface area contributed by atoms with Gasteiger partial charge in [0.2, 0.25) is 0 Å². The summed E-state index contributed by atoms with van der Waals surface area (Å²) >= 11 is 6.23.